The maximum absolute atomic E-state index is 15.2. The van der Waals surface area contributed by atoms with Crippen molar-refractivity contribution in [3.8, 4) is 0 Å². The van der Waals surface area contributed by atoms with E-state index in [0.29, 0.717) is 36.8 Å². The Kier molecular flexibility index (Phi) is 4.48. The lowest BCUT2D eigenvalue weighted by Crippen LogP contribution is -2.62. The largest absolute Gasteiger partial charge is 0.393 e. The molecule has 4 aliphatic rings. The fourth-order valence-electron chi connectivity index (χ4n) is 7.43. The van der Waals surface area contributed by atoms with Crippen LogP contribution in [0.15, 0.2) is 23.6 Å². The third kappa shape index (κ3) is 2.29. The third-order valence-corrected chi connectivity index (χ3v) is 8.80. The first-order chi connectivity index (χ1) is 13.0. The first kappa shape index (κ1) is 20.2. The minimum atomic E-state index is -1.90. The smallest absolute Gasteiger partial charge is 0.194 e. The minimum absolute atomic E-state index is 0.149. The summed E-state index contributed by atoms with van der Waals surface area (Å²) in [6, 6.07) is 0. The summed E-state index contributed by atoms with van der Waals surface area (Å²) in [4.78, 5) is 12.5. The van der Waals surface area contributed by atoms with Crippen LogP contribution in [0, 0.1) is 28.6 Å². The SMILES string of the molecule is C=C1C[C@H]2[C@@H]3CC(F)=C4CC(O)CC[C@]4(C)[C@H]3[C@@H](O)C[C@]2(C)[C@@]1(O)C(=O)CO. The quantitative estimate of drug-likeness (QED) is 0.538. The highest BCUT2D eigenvalue weighted by Gasteiger charge is 2.70. The Morgan fingerprint density at radius 1 is 1.25 bits per heavy atom. The van der Waals surface area contributed by atoms with Crippen molar-refractivity contribution in [1.82, 2.24) is 0 Å². The van der Waals surface area contributed by atoms with E-state index < -0.39 is 41.0 Å². The van der Waals surface area contributed by atoms with E-state index in [1.165, 1.54) is 0 Å². The molecule has 0 spiro atoms. The molecule has 1 unspecified atom stereocenters. The number of hydrogen-bond donors (Lipinski definition) is 4. The molecule has 4 aliphatic carbocycles. The second kappa shape index (κ2) is 6.21. The van der Waals surface area contributed by atoms with Gasteiger partial charge >= 0.3 is 0 Å². The van der Waals surface area contributed by atoms with E-state index in [1.54, 1.807) is 6.92 Å². The Labute approximate surface area is 165 Å². The summed E-state index contributed by atoms with van der Waals surface area (Å²) < 4.78 is 15.2. The highest BCUT2D eigenvalue weighted by molar-refractivity contribution is 5.93. The van der Waals surface area contributed by atoms with E-state index >= 15 is 4.39 Å². The molecule has 5 nitrogen and oxygen atoms in total. The fourth-order valence-corrected chi connectivity index (χ4v) is 7.43. The summed E-state index contributed by atoms with van der Waals surface area (Å²) in [7, 11) is 0. The molecule has 6 heteroatoms. The Balaban J connectivity index is 1.81. The summed E-state index contributed by atoms with van der Waals surface area (Å²) in [5, 5.41) is 42.0. The molecule has 0 saturated heterocycles. The number of allylic oxidation sites excluding steroid dienone is 1. The number of aliphatic hydroxyl groups is 4. The number of aliphatic hydroxyl groups excluding tert-OH is 3. The van der Waals surface area contributed by atoms with Crippen molar-refractivity contribution in [2.45, 2.75) is 70.2 Å². The number of hydrogen-bond acceptors (Lipinski definition) is 5. The molecule has 0 aromatic heterocycles. The van der Waals surface area contributed by atoms with Crippen LogP contribution in [0.5, 0.6) is 0 Å². The van der Waals surface area contributed by atoms with Crippen LogP contribution >= 0.6 is 0 Å². The van der Waals surface area contributed by atoms with Gasteiger partial charge in [0.25, 0.3) is 0 Å². The predicted octanol–water partition coefficient (Wildman–Crippen LogP) is 2.04. The van der Waals surface area contributed by atoms with E-state index in [9.17, 15) is 25.2 Å². The monoisotopic (exact) mass is 394 g/mol. The van der Waals surface area contributed by atoms with E-state index in [1.807, 2.05) is 6.92 Å². The summed E-state index contributed by atoms with van der Waals surface area (Å²) in [5.41, 5.74) is -2.44. The van der Waals surface area contributed by atoms with E-state index in [-0.39, 0.29) is 36.4 Å². The molecular weight excluding hydrogens is 363 g/mol. The van der Waals surface area contributed by atoms with Gasteiger partial charge in [-0.3, -0.25) is 4.79 Å². The first-order valence-corrected chi connectivity index (χ1v) is 10.3. The Morgan fingerprint density at radius 3 is 2.57 bits per heavy atom. The molecule has 0 amide bonds. The van der Waals surface area contributed by atoms with Gasteiger partial charge in [0, 0.05) is 11.8 Å². The lowest BCUT2D eigenvalue weighted by atomic mass is 9.45. The molecule has 4 rings (SSSR count). The topological polar surface area (TPSA) is 98.0 Å². The van der Waals surface area contributed by atoms with Crippen molar-refractivity contribution in [3.63, 3.8) is 0 Å². The fraction of sp³-hybridized carbons (Fsp3) is 0.773. The molecule has 8 atom stereocenters. The van der Waals surface area contributed by atoms with Crippen molar-refractivity contribution in [1.29, 1.82) is 0 Å². The summed E-state index contributed by atoms with van der Waals surface area (Å²) in [5.74, 6) is -1.53. The van der Waals surface area contributed by atoms with Gasteiger partial charge in [0.2, 0.25) is 0 Å². The van der Waals surface area contributed by atoms with Gasteiger partial charge in [-0.15, -0.1) is 0 Å². The summed E-state index contributed by atoms with van der Waals surface area (Å²) in [6.07, 6.45) is 0.870. The molecule has 28 heavy (non-hydrogen) atoms. The highest BCUT2D eigenvalue weighted by Crippen LogP contribution is 2.69. The molecular formula is C22H31FO5. The Hall–Kier alpha value is -1.08. The minimum Gasteiger partial charge on any atom is -0.393 e. The molecule has 0 aromatic rings. The first-order valence-electron chi connectivity index (χ1n) is 10.3. The second-order valence-corrected chi connectivity index (χ2v) is 9.99. The molecule has 0 aliphatic heterocycles. The second-order valence-electron chi connectivity index (χ2n) is 9.99. The van der Waals surface area contributed by atoms with E-state index in [2.05, 4.69) is 6.58 Å². The average molecular weight is 394 g/mol. The lowest BCUT2D eigenvalue weighted by molar-refractivity contribution is -0.177. The van der Waals surface area contributed by atoms with Crippen LogP contribution in [0.25, 0.3) is 0 Å². The maximum Gasteiger partial charge on any atom is 0.194 e. The molecule has 4 N–H and O–H groups in total. The van der Waals surface area contributed by atoms with Crippen molar-refractivity contribution in [2.24, 2.45) is 28.6 Å². The Bertz CT molecular complexity index is 762. The van der Waals surface area contributed by atoms with Gasteiger partial charge in [0.15, 0.2) is 11.4 Å². The lowest BCUT2D eigenvalue weighted by Gasteiger charge is -2.60. The molecule has 0 aromatic carbocycles. The standard InChI is InChI=1S/C22H31FO5/c1-11-6-14-13-8-16(23)15-7-12(25)4-5-20(15,2)19(13)17(26)9-21(14,3)22(11,28)18(27)10-24/h12-14,17,19,24-26,28H,1,4-10H2,2-3H3/t12?,13-,14-,17-,19+,20-,21-,22-/m0/s1. The van der Waals surface area contributed by atoms with Crippen LogP contribution in [-0.4, -0.2) is 50.6 Å². The molecule has 0 bridgehead atoms. The van der Waals surface area contributed by atoms with Crippen LogP contribution < -0.4 is 0 Å². The zero-order chi connectivity index (χ0) is 20.6. The van der Waals surface area contributed by atoms with Gasteiger partial charge < -0.3 is 20.4 Å². The number of fused-ring (bicyclic) bond motifs is 5. The van der Waals surface area contributed by atoms with Crippen LogP contribution in [0.2, 0.25) is 0 Å². The van der Waals surface area contributed by atoms with Crippen molar-refractivity contribution >= 4 is 5.78 Å². The van der Waals surface area contributed by atoms with E-state index in [4.69, 9.17) is 0 Å². The number of carbonyl (C=O) groups excluding carboxylic acids is 1. The van der Waals surface area contributed by atoms with Gasteiger partial charge in [-0.1, -0.05) is 20.4 Å². The summed E-state index contributed by atoms with van der Waals surface area (Å²) in [6.45, 7) is 6.90. The number of carbonyl (C=O) groups is 1. The molecule has 156 valence electrons. The van der Waals surface area contributed by atoms with Gasteiger partial charge in [-0.05, 0) is 66.4 Å². The van der Waals surface area contributed by atoms with Crippen molar-refractivity contribution < 1.29 is 29.6 Å². The van der Waals surface area contributed by atoms with Crippen LogP contribution in [0.4, 0.5) is 4.39 Å². The highest BCUT2D eigenvalue weighted by atomic mass is 19.1. The number of Topliss-reactive ketones (excluding diaryl/α,β-unsaturated/α-hetero) is 1. The van der Waals surface area contributed by atoms with Crippen LogP contribution in [0.3, 0.4) is 0 Å². The zero-order valence-corrected chi connectivity index (χ0v) is 16.6. The normalized spacial score (nSPS) is 50.8. The van der Waals surface area contributed by atoms with Gasteiger partial charge in [0.1, 0.15) is 12.4 Å². The third-order valence-electron chi connectivity index (χ3n) is 8.80. The molecule has 3 saturated carbocycles. The van der Waals surface area contributed by atoms with E-state index in [0.717, 1.165) is 0 Å². The Morgan fingerprint density at radius 2 is 1.93 bits per heavy atom. The maximum atomic E-state index is 15.2. The molecule has 0 radical (unpaired) electrons. The number of halogens is 1. The predicted molar refractivity (Wildman–Crippen MR) is 101 cm³/mol. The van der Waals surface area contributed by atoms with Crippen LogP contribution in [0.1, 0.15) is 52.4 Å². The van der Waals surface area contributed by atoms with Crippen LogP contribution in [-0.2, 0) is 4.79 Å². The average Bonchev–Trinajstić information content (AvgIpc) is 2.83. The molecule has 0 heterocycles. The van der Waals surface area contributed by atoms with Gasteiger partial charge in [0.05, 0.1) is 12.2 Å². The number of ketones is 1. The number of rotatable bonds is 2. The van der Waals surface area contributed by atoms with Crippen molar-refractivity contribution in [3.05, 3.63) is 23.6 Å². The van der Waals surface area contributed by atoms with Gasteiger partial charge in [-0.25, -0.2) is 4.39 Å². The zero-order valence-electron chi connectivity index (χ0n) is 16.6. The molecule has 3 fully saturated rings. The summed E-state index contributed by atoms with van der Waals surface area (Å²) >= 11 is 0. The van der Waals surface area contributed by atoms with Gasteiger partial charge in [-0.2, -0.15) is 0 Å². The van der Waals surface area contributed by atoms with Crippen molar-refractivity contribution in [2.75, 3.05) is 6.61 Å².